The Labute approximate surface area is 167 Å². The highest BCUT2D eigenvalue weighted by Crippen LogP contribution is 2.35. The van der Waals surface area contributed by atoms with E-state index in [9.17, 15) is 13.2 Å². The van der Waals surface area contributed by atoms with Gasteiger partial charge in [-0.25, -0.2) is 8.42 Å². The highest BCUT2D eigenvalue weighted by atomic mass is 35.5. The predicted octanol–water partition coefficient (Wildman–Crippen LogP) is 4.29. The van der Waals surface area contributed by atoms with Crippen LogP contribution in [0.15, 0.2) is 42.5 Å². The number of carbonyl (C=O) groups is 1. The van der Waals surface area contributed by atoms with Gasteiger partial charge in [-0.2, -0.15) is 0 Å². The number of benzene rings is 2. The maximum atomic E-state index is 12.4. The second kappa shape index (κ2) is 8.48. The van der Waals surface area contributed by atoms with Crippen LogP contribution in [-0.4, -0.2) is 27.1 Å². The normalized spacial score (nSPS) is 12.5. The summed E-state index contributed by atoms with van der Waals surface area (Å²) in [5.74, 6) is -0.478. The Morgan fingerprint density at radius 2 is 1.65 bits per heavy atom. The highest BCUT2D eigenvalue weighted by Gasteiger charge is 2.24. The lowest BCUT2D eigenvalue weighted by atomic mass is 10.1. The number of sulfonamides is 1. The average molecular weight is 436 g/mol. The maximum Gasteiger partial charge on any atom is 0.241 e. The molecule has 1 N–H and O–H groups in total. The van der Waals surface area contributed by atoms with Crippen LogP contribution in [-0.2, 0) is 14.8 Å². The second-order valence-electron chi connectivity index (χ2n) is 5.69. The number of nitrogens with zero attached hydrogens (tertiary/aromatic N) is 1. The summed E-state index contributed by atoms with van der Waals surface area (Å²) in [4.78, 5) is 12.4. The van der Waals surface area contributed by atoms with Crippen LogP contribution in [0.5, 0.6) is 0 Å². The molecule has 0 aliphatic rings. The van der Waals surface area contributed by atoms with Crippen molar-refractivity contribution in [1.82, 2.24) is 5.32 Å². The Hall–Kier alpha value is -1.47. The summed E-state index contributed by atoms with van der Waals surface area (Å²) in [6.45, 7) is 1.37. The van der Waals surface area contributed by atoms with Gasteiger partial charge in [0.1, 0.15) is 6.54 Å². The summed E-state index contributed by atoms with van der Waals surface area (Å²) in [7, 11) is -3.78. The van der Waals surface area contributed by atoms with Gasteiger partial charge in [0.05, 0.1) is 33.1 Å². The largest absolute Gasteiger partial charge is 0.348 e. The molecule has 0 aromatic heterocycles. The van der Waals surface area contributed by atoms with Crippen LogP contribution in [0.4, 0.5) is 5.69 Å². The van der Waals surface area contributed by atoms with Crippen LogP contribution in [0.3, 0.4) is 0 Å². The number of amides is 1. The first kappa shape index (κ1) is 20.8. The molecule has 1 amide bonds. The summed E-state index contributed by atoms with van der Waals surface area (Å²) in [5, 5.41) is 3.17. The van der Waals surface area contributed by atoms with Crippen molar-refractivity contribution >= 4 is 56.4 Å². The smallest absolute Gasteiger partial charge is 0.241 e. The Balaban J connectivity index is 2.24. The Kier molecular flexibility index (Phi) is 6.80. The highest BCUT2D eigenvalue weighted by molar-refractivity contribution is 7.92. The Morgan fingerprint density at radius 3 is 2.23 bits per heavy atom. The van der Waals surface area contributed by atoms with E-state index in [4.69, 9.17) is 34.8 Å². The van der Waals surface area contributed by atoms with Crippen LogP contribution >= 0.6 is 34.8 Å². The average Bonchev–Trinajstić information content (AvgIpc) is 2.56. The second-order valence-corrected chi connectivity index (χ2v) is 8.82. The zero-order chi connectivity index (χ0) is 19.5. The molecule has 0 aliphatic heterocycles. The van der Waals surface area contributed by atoms with E-state index in [1.807, 2.05) is 37.3 Å². The molecule has 0 aliphatic carbocycles. The van der Waals surface area contributed by atoms with E-state index in [0.29, 0.717) is 0 Å². The van der Waals surface area contributed by atoms with E-state index in [1.165, 1.54) is 12.1 Å². The zero-order valence-electron chi connectivity index (χ0n) is 14.0. The maximum absolute atomic E-state index is 12.4. The lowest BCUT2D eigenvalue weighted by molar-refractivity contribution is -0.120. The first-order valence-electron chi connectivity index (χ1n) is 7.56. The molecule has 2 aromatic rings. The third-order valence-electron chi connectivity index (χ3n) is 3.62. The van der Waals surface area contributed by atoms with E-state index >= 15 is 0 Å². The minimum Gasteiger partial charge on any atom is -0.348 e. The molecular weight excluding hydrogens is 419 g/mol. The summed E-state index contributed by atoms with van der Waals surface area (Å²) in [5.41, 5.74) is 0.991. The lowest BCUT2D eigenvalue weighted by Gasteiger charge is -2.24. The van der Waals surface area contributed by atoms with Crippen LogP contribution in [0.1, 0.15) is 18.5 Å². The standard InChI is InChI=1S/C17H17Cl3N2O3S/c1-11(12-6-4-3-5-7-12)21-17(23)10-22(26(2,24)25)16-9-14(19)13(18)8-15(16)20/h3-9,11H,10H2,1-2H3,(H,21,23). The van der Waals surface area contributed by atoms with Crippen molar-refractivity contribution in [1.29, 1.82) is 0 Å². The Bertz CT molecular complexity index is 905. The van der Waals surface area contributed by atoms with Crippen molar-refractivity contribution in [2.24, 2.45) is 0 Å². The van der Waals surface area contributed by atoms with Crippen LogP contribution < -0.4 is 9.62 Å². The molecule has 0 saturated heterocycles. The molecule has 9 heteroatoms. The van der Waals surface area contributed by atoms with Gasteiger partial charge in [-0.1, -0.05) is 65.1 Å². The fraction of sp³-hybridized carbons (Fsp3) is 0.235. The third kappa shape index (κ3) is 5.27. The van der Waals surface area contributed by atoms with Crippen LogP contribution in [0.2, 0.25) is 15.1 Å². The fourth-order valence-electron chi connectivity index (χ4n) is 2.33. The van der Waals surface area contributed by atoms with Crippen LogP contribution in [0.25, 0.3) is 0 Å². The lowest BCUT2D eigenvalue weighted by Crippen LogP contribution is -2.41. The van der Waals surface area contributed by atoms with Gasteiger partial charge in [0.15, 0.2) is 0 Å². The van der Waals surface area contributed by atoms with Gasteiger partial charge in [0.2, 0.25) is 15.9 Å². The molecule has 0 saturated carbocycles. The number of hydrogen-bond donors (Lipinski definition) is 1. The van der Waals surface area contributed by atoms with E-state index in [0.717, 1.165) is 16.1 Å². The van der Waals surface area contributed by atoms with Gasteiger partial charge in [-0.15, -0.1) is 0 Å². The van der Waals surface area contributed by atoms with Crippen molar-refractivity contribution in [2.75, 3.05) is 17.1 Å². The third-order valence-corrected chi connectivity index (χ3v) is 5.77. The van der Waals surface area contributed by atoms with Gasteiger partial charge >= 0.3 is 0 Å². The molecule has 2 aromatic carbocycles. The number of hydrogen-bond acceptors (Lipinski definition) is 3. The molecule has 0 fully saturated rings. The number of nitrogens with one attached hydrogen (secondary N) is 1. The zero-order valence-corrected chi connectivity index (χ0v) is 17.1. The Morgan fingerprint density at radius 1 is 1.08 bits per heavy atom. The summed E-state index contributed by atoms with van der Waals surface area (Å²) in [6, 6.07) is 11.7. The number of rotatable bonds is 6. The monoisotopic (exact) mass is 434 g/mol. The molecule has 2 rings (SSSR count). The molecule has 140 valence electrons. The first-order chi connectivity index (χ1) is 12.1. The van der Waals surface area contributed by atoms with Gasteiger partial charge < -0.3 is 5.32 Å². The van der Waals surface area contributed by atoms with E-state index in [1.54, 1.807) is 0 Å². The molecule has 1 unspecified atom stereocenters. The number of carbonyl (C=O) groups excluding carboxylic acids is 1. The quantitative estimate of drug-likeness (QED) is 0.688. The molecule has 5 nitrogen and oxygen atoms in total. The molecule has 1 atom stereocenters. The first-order valence-corrected chi connectivity index (χ1v) is 10.5. The molecule has 26 heavy (non-hydrogen) atoms. The minimum absolute atomic E-state index is 0.0775. The van der Waals surface area contributed by atoms with Gasteiger partial charge in [-0.05, 0) is 24.6 Å². The van der Waals surface area contributed by atoms with Crippen molar-refractivity contribution in [3.05, 3.63) is 63.1 Å². The van der Waals surface area contributed by atoms with Gasteiger partial charge in [-0.3, -0.25) is 9.10 Å². The number of anilines is 1. The summed E-state index contributed by atoms with van der Waals surface area (Å²) in [6.07, 6.45) is 0.986. The SMILES string of the molecule is CC(NC(=O)CN(c1cc(Cl)c(Cl)cc1Cl)S(C)(=O)=O)c1ccccc1. The molecule has 0 radical (unpaired) electrons. The predicted molar refractivity (Wildman–Crippen MR) is 107 cm³/mol. The van der Waals surface area contributed by atoms with Gasteiger partial charge in [0.25, 0.3) is 0 Å². The van der Waals surface area contributed by atoms with Gasteiger partial charge in [0, 0.05) is 0 Å². The van der Waals surface area contributed by atoms with E-state index in [-0.39, 0.29) is 26.8 Å². The number of halogens is 3. The van der Waals surface area contributed by atoms with Crippen molar-refractivity contribution in [3.63, 3.8) is 0 Å². The minimum atomic E-state index is -3.78. The topological polar surface area (TPSA) is 66.5 Å². The van der Waals surface area contributed by atoms with Crippen molar-refractivity contribution in [2.45, 2.75) is 13.0 Å². The van der Waals surface area contributed by atoms with Crippen LogP contribution in [0, 0.1) is 0 Å². The molecule has 0 bridgehead atoms. The van der Waals surface area contributed by atoms with Crippen molar-refractivity contribution in [3.8, 4) is 0 Å². The van der Waals surface area contributed by atoms with E-state index < -0.39 is 22.5 Å². The molecule has 0 spiro atoms. The molecular formula is C17H17Cl3N2O3S. The van der Waals surface area contributed by atoms with Crippen molar-refractivity contribution < 1.29 is 13.2 Å². The summed E-state index contributed by atoms with van der Waals surface area (Å²) >= 11 is 18.0. The van der Waals surface area contributed by atoms with E-state index in [2.05, 4.69) is 5.32 Å². The fourth-order valence-corrected chi connectivity index (χ4v) is 3.88. The summed E-state index contributed by atoms with van der Waals surface area (Å²) < 4.78 is 25.3. The molecule has 0 heterocycles.